The van der Waals surface area contributed by atoms with Gasteiger partial charge in [-0.3, -0.25) is 9.59 Å². The van der Waals surface area contributed by atoms with Crippen molar-refractivity contribution in [3.8, 4) is 0 Å². The van der Waals surface area contributed by atoms with Gasteiger partial charge in [0.1, 0.15) is 5.82 Å². The quantitative estimate of drug-likeness (QED) is 0.921. The van der Waals surface area contributed by atoms with Crippen molar-refractivity contribution < 1.29 is 14.0 Å². The number of carbonyl (C=O) groups excluding carboxylic acids is 2. The van der Waals surface area contributed by atoms with Crippen molar-refractivity contribution in [1.29, 1.82) is 0 Å². The van der Waals surface area contributed by atoms with Crippen molar-refractivity contribution in [2.75, 3.05) is 13.1 Å². The van der Waals surface area contributed by atoms with E-state index < -0.39 is 0 Å². The molecule has 0 unspecified atom stereocenters. The number of nitrogens with zero attached hydrogens (tertiary/aromatic N) is 1. The summed E-state index contributed by atoms with van der Waals surface area (Å²) in [6.45, 7) is 1.16. The number of carbonyl (C=O) groups is 2. The molecule has 2 fully saturated rings. The molecule has 1 heterocycles. The number of rotatable bonds is 4. The van der Waals surface area contributed by atoms with Crippen molar-refractivity contribution in [3.05, 3.63) is 35.6 Å². The lowest BCUT2D eigenvalue weighted by molar-refractivity contribution is -0.135. The van der Waals surface area contributed by atoms with Crippen LogP contribution in [0.25, 0.3) is 0 Å². The predicted octanol–water partition coefficient (Wildman–Crippen LogP) is 2.67. The van der Waals surface area contributed by atoms with Crippen LogP contribution in [-0.4, -0.2) is 35.8 Å². The third-order valence-corrected chi connectivity index (χ3v) is 5.22. The normalized spacial score (nSPS) is 19.5. The van der Waals surface area contributed by atoms with E-state index in [1.165, 1.54) is 18.9 Å². The number of amides is 2. The molecule has 0 aromatic heterocycles. The second-order valence-electron chi connectivity index (χ2n) is 6.91. The Hall–Kier alpha value is -1.91. The fourth-order valence-corrected chi connectivity index (χ4v) is 3.70. The maximum absolute atomic E-state index is 13.7. The molecule has 1 aliphatic carbocycles. The van der Waals surface area contributed by atoms with E-state index in [0.29, 0.717) is 37.5 Å². The van der Waals surface area contributed by atoms with Crippen LogP contribution in [0.4, 0.5) is 4.39 Å². The van der Waals surface area contributed by atoms with Crippen LogP contribution in [0.3, 0.4) is 0 Å². The maximum Gasteiger partial charge on any atom is 0.227 e. The number of benzene rings is 1. The minimum Gasteiger partial charge on any atom is -0.353 e. The van der Waals surface area contributed by atoms with Crippen molar-refractivity contribution in [2.24, 2.45) is 5.92 Å². The van der Waals surface area contributed by atoms with E-state index in [0.717, 1.165) is 12.8 Å². The second kappa shape index (κ2) is 7.77. The minimum absolute atomic E-state index is 0.00288. The summed E-state index contributed by atoms with van der Waals surface area (Å²) >= 11 is 0. The highest BCUT2D eigenvalue weighted by atomic mass is 19.1. The Morgan fingerprint density at radius 2 is 1.75 bits per heavy atom. The summed E-state index contributed by atoms with van der Waals surface area (Å²) in [5.41, 5.74) is 0.434. The number of nitrogens with one attached hydrogen (secondary N) is 1. The van der Waals surface area contributed by atoms with E-state index in [4.69, 9.17) is 0 Å². The molecule has 2 amide bonds. The lowest BCUT2D eigenvalue weighted by atomic mass is 9.95. The predicted molar refractivity (Wildman–Crippen MR) is 89.8 cm³/mol. The van der Waals surface area contributed by atoms with Crippen LogP contribution in [0.5, 0.6) is 0 Å². The zero-order chi connectivity index (χ0) is 16.9. The molecule has 1 aliphatic heterocycles. The molecule has 0 spiro atoms. The summed E-state index contributed by atoms with van der Waals surface area (Å²) in [5, 5.41) is 3.15. The van der Waals surface area contributed by atoms with Crippen LogP contribution < -0.4 is 5.32 Å². The number of piperidine rings is 1. The summed E-state index contributed by atoms with van der Waals surface area (Å²) in [7, 11) is 0. The Kier molecular flexibility index (Phi) is 5.48. The Bertz CT molecular complexity index is 591. The van der Waals surface area contributed by atoms with Crippen molar-refractivity contribution in [3.63, 3.8) is 0 Å². The number of hydrogen-bond acceptors (Lipinski definition) is 2. The molecule has 1 saturated carbocycles. The standard InChI is InChI=1S/C19H25FN2O2/c20-17-8-4-1-5-15(17)13-18(23)22-11-9-14(10-12-22)19(24)21-16-6-2-3-7-16/h1,4-5,8,14,16H,2-3,6-7,9-13H2,(H,21,24). The summed E-state index contributed by atoms with van der Waals surface area (Å²) < 4.78 is 13.7. The van der Waals surface area contributed by atoms with Gasteiger partial charge >= 0.3 is 0 Å². The summed E-state index contributed by atoms with van der Waals surface area (Å²) in [6.07, 6.45) is 6.06. The van der Waals surface area contributed by atoms with Crippen molar-refractivity contribution in [2.45, 2.75) is 51.0 Å². The largest absolute Gasteiger partial charge is 0.353 e. The molecule has 1 N–H and O–H groups in total. The Morgan fingerprint density at radius 1 is 1.08 bits per heavy atom. The molecule has 0 radical (unpaired) electrons. The molecule has 0 atom stereocenters. The molecule has 24 heavy (non-hydrogen) atoms. The molecule has 3 rings (SSSR count). The van der Waals surface area contributed by atoms with Crippen LogP contribution in [0, 0.1) is 11.7 Å². The smallest absolute Gasteiger partial charge is 0.227 e. The first-order valence-electron chi connectivity index (χ1n) is 8.95. The fourth-order valence-electron chi connectivity index (χ4n) is 3.70. The lowest BCUT2D eigenvalue weighted by Crippen LogP contribution is -2.45. The minimum atomic E-state index is -0.336. The van der Waals surface area contributed by atoms with Crippen LogP contribution in [0.2, 0.25) is 0 Å². The Balaban J connectivity index is 1.46. The van der Waals surface area contributed by atoms with E-state index in [1.807, 2.05) is 0 Å². The molecule has 5 heteroatoms. The van der Waals surface area contributed by atoms with E-state index in [2.05, 4.69) is 5.32 Å². The Morgan fingerprint density at radius 3 is 2.42 bits per heavy atom. The van der Waals surface area contributed by atoms with E-state index in [1.54, 1.807) is 23.1 Å². The van der Waals surface area contributed by atoms with Crippen molar-refractivity contribution in [1.82, 2.24) is 10.2 Å². The van der Waals surface area contributed by atoms with Gasteiger partial charge in [0.15, 0.2) is 0 Å². The molecule has 130 valence electrons. The maximum atomic E-state index is 13.7. The van der Waals surface area contributed by atoms with Gasteiger partial charge in [0, 0.05) is 25.0 Å². The van der Waals surface area contributed by atoms with E-state index in [-0.39, 0.29) is 30.0 Å². The van der Waals surface area contributed by atoms with E-state index in [9.17, 15) is 14.0 Å². The highest BCUT2D eigenvalue weighted by Gasteiger charge is 2.29. The number of halogens is 1. The molecular weight excluding hydrogens is 307 g/mol. The highest BCUT2D eigenvalue weighted by Crippen LogP contribution is 2.22. The van der Waals surface area contributed by atoms with Gasteiger partial charge < -0.3 is 10.2 Å². The average Bonchev–Trinajstić information content (AvgIpc) is 3.10. The van der Waals surface area contributed by atoms with Crippen LogP contribution in [-0.2, 0) is 16.0 Å². The van der Waals surface area contributed by atoms with Gasteiger partial charge in [0.2, 0.25) is 11.8 Å². The first-order valence-corrected chi connectivity index (χ1v) is 8.95. The molecule has 2 aliphatic rings. The molecule has 1 saturated heterocycles. The van der Waals surface area contributed by atoms with Gasteiger partial charge in [-0.05, 0) is 37.3 Å². The van der Waals surface area contributed by atoms with Gasteiger partial charge in [-0.25, -0.2) is 4.39 Å². The van der Waals surface area contributed by atoms with Crippen molar-refractivity contribution >= 4 is 11.8 Å². The zero-order valence-corrected chi connectivity index (χ0v) is 14.0. The van der Waals surface area contributed by atoms with Crippen LogP contribution in [0.1, 0.15) is 44.1 Å². The first kappa shape index (κ1) is 16.9. The third-order valence-electron chi connectivity index (χ3n) is 5.22. The monoisotopic (exact) mass is 332 g/mol. The van der Waals surface area contributed by atoms with E-state index >= 15 is 0 Å². The number of likely N-dealkylation sites (tertiary alicyclic amines) is 1. The molecular formula is C19H25FN2O2. The zero-order valence-electron chi connectivity index (χ0n) is 14.0. The third kappa shape index (κ3) is 4.13. The number of hydrogen-bond donors (Lipinski definition) is 1. The topological polar surface area (TPSA) is 49.4 Å². The molecule has 0 bridgehead atoms. The summed E-state index contributed by atoms with van der Waals surface area (Å²) in [6, 6.07) is 6.73. The van der Waals surface area contributed by atoms with Gasteiger partial charge in [-0.2, -0.15) is 0 Å². The van der Waals surface area contributed by atoms with Crippen LogP contribution >= 0.6 is 0 Å². The molecule has 4 nitrogen and oxygen atoms in total. The summed E-state index contributed by atoms with van der Waals surface area (Å²) in [5.74, 6) is -0.252. The summed E-state index contributed by atoms with van der Waals surface area (Å²) in [4.78, 5) is 26.4. The van der Waals surface area contributed by atoms with Gasteiger partial charge in [0.25, 0.3) is 0 Å². The van der Waals surface area contributed by atoms with Gasteiger partial charge in [0.05, 0.1) is 6.42 Å². The molecule has 1 aromatic rings. The molecule has 1 aromatic carbocycles. The average molecular weight is 332 g/mol. The SMILES string of the molecule is O=C(NC1CCCC1)C1CCN(C(=O)Cc2ccccc2F)CC1. The van der Waals surface area contributed by atoms with Gasteiger partial charge in [-0.15, -0.1) is 0 Å². The first-order chi connectivity index (χ1) is 11.6. The Labute approximate surface area is 142 Å². The van der Waals surface area contributed by atoms with Crippen LogP contribution in [0.15, 0.2) is 24.3 Å². The lowest BCUT2D eigenvalue weighted by Gasteiger charge is -2.32. The second-order valence-corrected chi connectivity index (χ2v) is 6.91. The fraction of sp³-hybridized carbons (Fsp3) is 0.579. The van der Waals surface area contributed by atoms with Gasteiger partial charge in [-0.1, -0.05) is 31.0 Å². The highest BCUT2D eigenvalue weighted by molar-refractivity contribution is 5.81.